The number of ketones is 1. The lowest BCUT2D eigenvalue weighted by Gasteiger charge is -2.07. The summed E-state index contributed by atoms with van der Waals surface area (Å²) < 4.78 is 5.38. The van der Waals surface area contributed by atoms with E-state index in [9.17, 15) is 15.0 Å². The van der Waals surface area contributed by atoms with Crippen molar-refractivity contribution >= 4 is 11.9 Å². The van der Waals surface area contributed by atoms with Crippen LogP contribution in [0.5, 0.6) is 17.2 Å². The minimum absolute atomic E-state index is 0.0213. The highest BCUT2D eigenvalue weighted by atomic mass is 16.5. The molecule has 0 aliphatic carbocycles. The molecule has 0 bridgehead atoms. The first-order chi connectivity index (χ1) is 12.4. The molecular weight excluding hydrogens is 328 g/mol. The standard InChI is InChI=1S/C22H24O4/c1-4-26-18-10-6-16(7-11-18)8-12-20(23)19-13-17(9-5-15(2)3)21(24)14-22(19)25/h5-8,10-14,24-25H,4,9H2,1-3H3/b12-8+. The van der Waals surface area contributed by atoms with E-state index in [0.717, 1.165) is 16.9 Å². The number of phenols is 2. The average Bonchev–Trinajstić information content (AvgIpc) is 2.60. The highest BCUT2D eigenvalue weighted by molar-refractivity contribution is 6.08. The van der Waals surface area contributed by atoms with E-state index in [2.05, 4.69) is 0 Å². The fraction of sp³-hybridized carbons (Fsp3) is 0.227. The smallest absolute Gasteiger partial charge is 0.189 e. The molecule has 0 aliphatic rings. The maximum atomic E-state index is 12.4. The fourth-order valence-electron chi connectivity index (χ4n) is 2.40. The largest absolute Gasteiger partial charge is 0.508 e. The van der Waals surface area contributed by atoms with Crippen LogP contribution in [-0.2, 0) is 6.42 Å². The second-order valence-corrected chi connectivity index (χ2v) is 6.18. The van der Waals surface area contributed by atoms with Gasteiger partial charge in [-0.2, -0.15) is 0 Å². The van der Waals surface area contributed by atoms with Crippen molar-refractivity contribution in [3.05, 3.63) is 70.8 Å². The van der Waals surface area contributed by atoms with E-state index in [1.54, 1.807) is 6.08 Å². The number of aromatic hydroxyl groups is 2. The number of ether oxygens (including phenoxy) is 1. The first-order valence-corrected chi connectivity index (χ1v) is 8.54. The van der Waals surface area contributed by atoms with Gasteiger partial charge < -0.3 is 14.9 Å². The van der Waals surface area contributed by atoms with Crippen LogP contribution in [0.3, 0.4) is 0 Å². The van der Waals surface area contributed by atoms with Gasteiger partial charge in [0.25, 0.3) is 0 Å². The molecular formula is C22H24O4. The summed E-state index contributed by atoms with van der Waals surface area (Å²) in [6.45, 7) is 6.44. The summed E-state index contributed by atoms with van der Waals surface area (Å²) in [6, 6.07) is 10.1. The van der Waals surface area contributed by atoms with Gasteiger partial charge in [0.2, 0.25) is 0 Å². The van der Waals surface area contributed by atoms with Crippen LogP contribution >= 0.6 is 0 Å². The van der Waals surface area contributed by atoms with Gasteiger partial charge in [0.15, 0.2) is 5.78 Å². The van der Waals surface area contributed by atoms with Gasteiger partial charge in [-0.15, -0.1) is 0 Å². The molecule has 2 N–H and O–H groups in total. The lowest BCUT2D eigenvalue weighted by atomic mass is 10.0. The third kappa shape index (κ3) is 5.24. The molecule has 4 nitrogen and oxygen atoms in total. The van der Waals surface area contributed by atoms with Crippen molar-refractivity contribution < 1.29 is 19.7 Å². The number of phenolic OH excluding ortho intramolecular Hbond substituents is 2. The minimum atomic E-state index is -0.324. The summed E-state index contributed by atoms with van der Waals surface area (Å²) >= 11 is 0. The molecule has 0 spiro atoms. The Morgan fingerprint density at radius 2 is 1.77 bits per heavy atom. The quantitative estimate of drug-likeness (QED) is 0.422. The van der Waals surface area contributed by atoms with Crippen molar-refractivity contribution in [3.8, 4) is 17.2 Å². The van der Waals surface area contributed by atoms with Gasteiger partial charge >= 0.3 is 0 Å². The van der Waals surface area contributed by atoms with E-state index in [-0.39, 0.29) is 22.8 Å². The fourth-order valence-corrected chi connectivity index (χ4v) is 2.40. The molecule has 0 saturated carbocycles. The van der Waals surface area contributed by atoms with E-state index < -0.39 is 0 Å². The molecule has 0 unspecified atom stereocenters. The molecule has 0 fully saturated rings. The van der Waals surface area contributed by atoms with Crippen molar-refractivity contribution in [2.24, 2.45) is 0 Å². The van der Waals surface area contributed by atoms with E-state index in [1.165, 1.54) is 18.2 Å². The molecule has 0 saturated heterocycles. The highest BCUT2D eigenvalue weighted by Crippen LogP contribution is 2.29. The number of allylic oxidation sites excluding steroid dienone is 3. The van der Waals surface area contributed by atoms with Crippen LogP contribution in [0.25, 0.3) is 6.08 Å². The Morgan fingerprint density at radius 1 is 1.08 bits per heavy atom. The van der Waals surface area contributed by atoms with Gasteiger partial charge in [0.1, 0.15) is 17.2 Å². The summed E-state index contributed by atoms with van der Waals surface area (Å²) in [6.07, 6.45) is 5.54. The third-order valence-corrected chi connectivity index (χ3v) is 3.81. The lowest BCUT2D eigenvalue weighted by Crippen LogP contribution is -1.97. The van der Waals surface area contributed by atoms with Gasteiger partial charge in [-0.05, 0) is 62.6 Å². The molecule has 2 rings (SSSR count). The molecule has 0 amide bonds. The molecule has 0 aliphatic heterocycles. The Balaban J connectivity index is 2.20. The van der Waals surface area contributed by atoms with Gasteiger partial charge in [-0.25, -0.2) is 0 Å². The maximum Gasteiger partial charge on any atom is 0.189 e. The first-order valence-electron chi connectivity index (χ1n) is 8.54. The Labute approximate surface area is 154 Å². The Bertz CT molecular complexity index is 826. The molecule has 136 valence electrons. The second kappa shape index (κ2) is 8.90. The number of carbonyl (C=O) groups is 1. The predicted octanol–water partition coefficient (Wildman–Crippen LogP) is 4.90. The van der Waals surface area contributed by atoms with Crippen LogP contribution in [0.15, 0.2) is 54.1 Å². The average molecular weight is 352 g/mol. The SMILES string of the molecule is CCOc1ccc(/C=C/C(=O)c2cc(CC=C(C)C)c(O)cc2O)cc1. The van der Waals surface area contributed by atoms with E-state index in [4.69, 9.17) is 4.74 Å². The third-order valence-electron chi connectivity index (χ3n) is 3.81. The van der Waals surface area contributed by atoms with Crippen LogP contribution in [0, 0.1) is 0 Å². The normalized spacial score (nSPS) is 10.7. The van der Waals surface area contributed by atoms with Gasteiger partial charge in [-0.1, -0.05) is 29.9 Å². The summed E-state index contributed by atoms with van der Waals surface area (Å²) in [7, 11) is 0. The minimum Gasteiger partial charge on any atom is -0.508 e. The molecule has 26 heavy (non-hydrogen) atoms. The zero-order valence-electron chi connectivity index (χ0n) is 15.3. The number of benzene rings is 2. The molecule has 4 heteroatoms. The van der Waals surface area contributed by atoms with Crippen molar-refractivity contribution in [2.45, 2.75) is 27.2 Å². The van der Waals surface area contributed by atoms with Crippen LogP contribution in [-0.4, -0.2) is 22.6 Å². The summed E-state index contributed by atoms with van der Waals surface area (Å²) in [5.74, 6) is 0.197. The zero-order valence-corrected chi connectivity index (χ0v) is 15.3. The summed E-state index contributed by atoms with van der Waals surface area (Å²) in [4.78, 5) is 12.4. The van der Waals surface area contributed by atoms with E-state index in [0.29, 0.717) is 18.6 Å². The molecule has 2 aromatic carbocycles. The number of rotatable bonds is 7. The van der Waals surface area contributed by atoms with Crippen LogP contribution in [0.2, 0.25) is 0 Å². The summed E-state index contributed by atoms with van der Waals surface area (Å²) in [5.41, 5.74) is 2.73. The van der Waals surface area contributed by atoms with Gasteiger partial charge in [0, 0.05) is 6.07 Å². The highest BCUT2D eigenvalue weighted by Gasteiger charge is 2.13. The predicted molar refractivity (Wildman–Crippen MR) is 104 cm³/mol. The Kier molecular flexibility index (Phi) is 6.61. The van der Waals surface area contributed by atoms with Crippen molar-refractivity contribution in [2.75, 3.05) is 6.61 Å². The summed E-state index contributed by atoms with van der Waals surface area (Å²) in [5, 5.41) is 20.0. The van der Waals surface area contributed by atoms with Crippen molar-refractivity contribution in [1.29, 1.82) is 0 Å². The second-order valence-electron chi connectivity index (χ2n) is 6.18. The Hall–Kier alpha value is -3.01. The zero-order chi connectivity index (χ0) is 19.1. The van der Waals surface area contributed by atoms with E-state index >= 15 is 0 Å². The van der Waals surface area contributed by atoms with Crippen molar-refractivity contribution in [3.63, 3.8) is 0 Å². The number of carbonyl (C=O) groups excluding carboxylic acids is 1. The van der Waals surface area contributed by atoms with Crippen molar-refractivity contribution in [1.82, 2.24) is 0 Å². The molecule has 2 aromatic rings. The maximum absolute atomic E-state index is 12.4. The van der Waals surface area contributed by atoms with Crippen LogP contribution in [0.4, 0.5) is 0 Å². The first kappa shape index (κ1) is 19.3. The topological polar surface area (TPSA) is 66.8 Å². The van der Waals surface area contributed by atoms with Gasteiger partial charge in [-0.3, -0.25) is 4.79 Å². The number of hydrogen-bond donors (Lipinski definition) is 2. The monoisotopic (exact) mass is 352 g/mol. The molecule has 0 radical (unpaired) electrons. The molecule has 0 atom stereocenters. The lowest BCUT2D eigenvalue weighted by molar-refractivity contribution is 0.104. The van der Waals surface area contributed by atoms with E-state index in [1.807, 2.05) is 51.1 Å². The van der Waals surface area contributed by atoms with Gasteiger partial charge in [0.05, 0.1) is 12.2 Å². The van der Waals surface area contributed by atoms with Crippen LogP contribution in [0.1, 0.15) is 42.3 Å². The van der Waals surface area contributed by atoms with Crippen LogP contribution < -0.4 is 4.74 Å². The molecule has 0 heterocycles. The Morgan fingerprint density at radius 3 is 2.38 bits per heavy atom. The number of hydrogen-bond acceptors (Lipinski definition) is 4. The molecule has 0 aromatic heterocycles.